The van der Waals surface area contributed by atoms with Gasteiger partial charge in [0, 0.05) is 10.4 Å². The SMILES string of the molecule is CC(C)(Cc1ccc(C(=O)Oc2ccc(C(=N)N)cc2F)s1)C(=O)OCc1ccccc1.O=C(O)C(F)(F)F. The van der Waals surface area contributed by atoms with Crippen LogP contribution < -0.4 is 10.5 Å². The van der Waals surface area contributed by atoms with E-state index in [4.69, 9.17) is 30.5 Å². The van der Waals surface area contributed by atoms with Crippen molar-refractivity contribution in [2.24, 2.45) is 11.1 Å². The first kappa shape index (κ1) is 31.0. The summed E-state index contributed by atoms with van der Waals surface area (Å²) in [5, 5.41) is 14.5. The second-order valence-corrected chi connectivity index (χ2v) is 9.81. The summed E-state index contributed by atoms with van der Waals surface area (Å²) in [4.78, 5) is 35.0. The zero-order chi connectivity index (χ0) is 29.4. The molecule has 1 heterocycles. The Hall–Kier alpha value is -4.26. The molecule has 0 spiro atoms. The number of hydrogen-bond donors (Lipinski definition) is 3. The zero-order valence-electron chi connectivity index (χ0n) is 20.7. The Kier molecular flexibility index (Phi) is 10.3. The maximum Gasteiger partial charge on any atom is 0.490 e. The van der Waals surface area contributed by atoms with Gasteiger partial charge in [0.1, 0.15) is 17.3 Å². The normalized spacial score (nSPS) is 11.1. The van der Waals surface area contributed by atoms with Gasteiger partial charge in [-0.3, -0.25) is 10.2 Å². The van der Waals surface area contributed by atoms with Gasteiger partial charge >= 0.3 is 24.1 Å². The van der Waals surface area contributed by atoms with E-state index < -0.39 is 29.3 Å². The van der Waals surface area contributed by atoms with Crippen LogP contribution in [-0.4, -0.2) is 35.0 Å². The molecule has 3 rings (SSSR count). The lowest BCUT2D eigenvalue weighted by Crippen LogP contribution is -2.28. The minimum Gasteiger partial charge on any atom is -0.475 e. The molecule has 0 aliphatic carbocycles. The highest BCUT2D eigenvalue weighted by Crippen LogP contribution is 2.29. The highest BCUT2D eigenvalue weighted by atomic mass is 32.1. The molecule has 0 bridgehead atoms. The number of amidine groups is 1. The van der Waals surface area contributed by atoms with Crippen LogP contribution in [0.5, 0.6) is 5.75 Å². The Bertz CT molecular complexity index is 1340. The molecule has 0 saturated carbocycles. The number of carbonyl (C=O) groups is 3. The molecule has 0 aliphatic rings. The Morgan fingerprint density at radius 1 is 1.03 bits per heavy atom. The summed E-state index contributed by atoms with van der Waals surface area (Å²) in [6.45, 7) is 3.76. The minimum atomic E-state index is -5.08. The molecule has 0 saturated heterocycles. The first-order chi connectivity index (χ1) is 18.1. The number of nitrogens with one attached hydrogen (secondary N) is 1. The zero-order valence-corrected chi connectivity index (χ0v) is 21.5. The van der Waals surface area contributed by atoms with Crippen molar-refractivity contribution >= 4 is 35.1 Å². The number of aliphatic carboxylic acids is 1. The maximum absolute atomic E-state index is 14.1. The van der Waals surface area contributed by atoms with Gasteiger partial charge in [-0.25, -0.2) is 14.0 Å². The molecule has 3 aromatic rings. The van der Waals surface area contributed by atoms with E-state index in [1.54, 1.807) is 26.0 Å². The number of nitrogen functional groups attached to an aromatic ring is 1. The molecule has 0 radical (unpaired) electrons. The quantitative estimate of drug-likeness (QED) is 0.110. The van der Waals surface area contributed by atoms with Crippen LogP contribution in [-0.2, 0) is 27.4 Å². The molecule has 2 aromatic carbocycles. The summed E-state index contributed by atoms with van der Waals surface area (Å²) in [5.41, 5.74) is 5.63. The fourth-order valence-corrected chi connectivity index (χ4v) is 4.02. The Labute approximate surface area is 224 Å². The van der Waals surface area contributed by atoms with Crippen molar-refractivity contribution in [1.29, 1.82) is 5.41 Å². The van der Waals surface area contributed by atoms with Gasteiger partial charge in [-0.05, 0) is 56.2 Å². The Balaban J connectivity index is 0.000000673. The van der Waals surface area contributed by atoms with Gasteiger partial charge in [-0.15, -0.1) is 11.3 Å². The van der Waals surface area contributed by atoms with Crippen molar-refractivity contribution in [3.8, 4) is 5.75 Å². The van der Waals surface area contributed by atoms with E-state index in [1.165, 1.54) is 23.5 Å². The predicted octanol–water partition coefficient (Wildman–Crippen LogP) is 5.34. The second kappa shape index (κ2) is 13.0. The van der Waals surface area contributed by atoms with Gasteiger partial charge in [-0.2, -0.15) is 13.2 Å². The summed E-state index contributed by atoms with van der Waals surface area (Å²) >= 11 is 1.17. The van der Waals surface area contributed by atoms with Crippen LogP contribution in [0.3, 0.4) is 0 Å². The average Bonchev–Trinajstić information content (AvgIpc) is 3.32. The van der Waals surface area contributed by atoms with Crippen LogP contribution in [0.2, 0.25) is 0 Å². The number of rotatable bonds is 8. The lowest BCUT2D eigenvalue weighted by molar-refractivity contribution is -0.192. The molecule has 0 atom stereocenters. The van der Waals surface area contributed by atoms with Crippen LogP contribution >= 0.6 is 11.3 Å². The minimum absolute atomic E-state index is 0.194. The van der Waals surface area contributed by atoms with Crippen molar-refractivity contribution in [2.45, 2.75) is 33.1 Å². The molecule has 1 aromatic heterocycles. The highest BCUT2D eigenvalue weighted by Gasteiger charge is 2.38. The van der Waals surface area contributed by atoms with E-state index in [-0.39, 0.29) is 34.6 Å². The van der Waals surface area contributed by atoms with Crippen LogP contribution in [0, 0.1) is 16.6 Å². The molecular weight excluding hydrogens is 544 g/mol. The smallest absolute Gasteiger partial charge is 0.475 e. The number of carboxylic acid groups (broad SMARTS) is 1. The van der Waals surface area contributed by atoms with Crippen LogP contribution in [0.15, 0.2) is 60.7 Å². The number of thiophene rings is 1. The van der Waals surface area contributed by atoms with Gasteiger partial charge in [0.25, 0.3) is 0 Å². The molecule has 8 nitrogen and oxygen atoms in total. The van der Waals surface area contributed by atoms with Crippen molar-refractivity contribution in [2.75, 3.05) is 0 Å². The summed E-state index contributed by atoms with van der Waals surface area (Å²) in [7, 11) is 0. The van der Waals surface area contributed by atoms with Gasteiger partial charge in [0.15, 0.2) is 11.6 Å². The van der Waals surface area contributed by atoms with Crippen molar-refractivity contribution in [1.82, 2.24) is 0 Å². The largest absolute Gasteiger partial charge is 0.490 e. The maximum atomic E-state index is 14.1. The first-order valence-corrected chi connectivity index (χ1v) is 11.9. The molecule has 0 unspecified atom stereocenters. The summed E-state index contributed by atoms with van der Waals surface area (Å²) in [5.74, 6) is -5.13. The van der Waals surface area contributed by atoms with E-state index >= 15 is 0 Å². The van der Waals surface area contributed by atoms with E-state index in [0.29, 0.717) is 6.42 Å². The van der Waals surface area contributed by atoms with E-state index in [9.17, 15) is 27.2 Å². The molecule has 13 heteroatoms. The van der Waals surface area contributed by atoms with Gasteiger partial charge in [-0.1, -0.05) is 30.3 Å². The van der Waals surface area contributed by atoms with Gasteiger partial charge in [0.2, 0.25) is 0 Å². The molecule has 4 N–H and O–H groups in total. The van der Waals surface area contributed by atoms with E-state index in [0.717, 1.165) is 16.5 Å². The molecular formula is C26H24F4N2O6S. The fraction of sp³-hybridized carbons (Fsp3) is 0.231. The predicted molar refractivity (Wildman–Crippen MR) is 134 cm³/mol. The molecule has 208 valence electrons. The number of esters is 2. The van der Waals surface area contributed by atoms with Crippen molar-refractivity contribution in [3.63, 3.8) is 0 Å². The lowest BCUT2D eigenvalue weighted by Gasteiger charge is -2.21. The van der Waals surface area contributed by atoms with Crippen LogP contribution in [0.1, 0.15) is 39.5 Å². The highest BCUT2D eigenvalue weighted by molar-refractivity contribution is 7.14. The number of ether oxygens (including phenoxy) is 2. The number of benzene rings is 2. The molecule has 0 amide bonds. The number of carboxylic acids is 1. The van der Waals surface area contributed by atoms with Crippen molar-refractivity contribution < 1.29 is 46.5 Å². The van der Waals surface area contributed by atoms with E-state index in [2.05, 4.69) is 0 Å². The molecule has 0 fully saturated rings. The summed E-state index contributed by atoms with van der Waals surface area (Å²) in [6, 6.07) is 16.4. The second-order valence-electron chi connectivity index (χ2n) is 8.64. The number of halogens is 4. The number of hydrogen-bond acceptors (Lipinski definition) is 7. The first-order valence-electron chi connectivity index (χ1n) is 11.1. The standard InChI is InChI=1S/C24H23FN2O4S.C2HF3O2/c1-24(2,23(29)30-14-15-6-4-3-5-7-15)13-17-9-11-20(32-17)22(28)31-19-10-8-16(21(26)27)12-18(19)25;3-2(4,5)1(6)7/h3-12H,13-14H2,1-2H3,(H3,26,27);(H,6,7). The third-order valence-corrected chi connectivity index (χ3v) is 6.00. The van der Waals surface area contributed by atoms with Crippen LogP contribution in [0.4, 0.5) is 17.6 Å². The molecule has 39 heavy (non-hydrogen) atoms. The lowest BCUT2D eigenvalue weighted by atomic mass is 9.89. The number of carbonyl (C=O) groups excluding carboxylic acids is 2. The van der Waals surface area contributed by atoms with Gasteiger partial charge < -0.3 is 20.3 Å². The molecule has 0 aliphatic heterocycles. The Morgan fingerprint density at radius 2 is 1.64 bits per heavy atom. The van der Waals surface area contributed by atoms with E-state index in [1.807, 2.05) is 30.3 Å². The third-order valence-electron chi connectivity index (χ3n) is 4.93. The fourth-order valence-electron chi connectivity index (χ4n) is 2.91. The number of alkyl halides is 3. The Morgan fingerprint density at radius 3 is 2.18 bits per heavy atom. The van der Waals surface area contributed by atoms with Crippen LogP contribution in [0.25, 0.3) is 0 Å². The summed E-state index contributed by atoms with van der Waals surface area (Å²) < 4.78 is 56.4. The number of nitrogens with two attached hydrogens (primary N) is 1. The van der Waals surface area contributed by atoms with Crippen molar-refractivity contribution in [3.05, 3.63) is 87.4 Å². The average molecular weight is 569 g/mol. The van der Waals surface area contributed by atoms with Gasteiger partial charge in [0.05, 0.1) is 5.41 Å². The summed E-state index contributed by atoms with van der Waals surface area (Å²) in [6.07, 6.45) is -4.71. The monoisotopic (exact) mass is 568 g/mol. The third kappa shape index (κ3) is 9.52. The topological polar surface area (TPSA) is 140 Å².